The van der Waals surface area contributed by atoms with Gasteiger partial charge in [-0.3, -0.25) is 0 Å². The topological polar surface area (TPSA) is 29.5 Å². The van der Waals surface area contributed by atoms with Gasteiger partial charge in [-0.1, -0.05) is 0 Å². The van der Waals surface area contributed by atoms with Crippen LogP contribution in [0.4, 0.5) is 22.0 Å². The van der Waals surface area contributed by atoms with Gasteiger partial charge in [0.1, 0.15) is 5.82 Å². The Bertz CT molecular complexity index is 388. The largest absolute Gasteiger partial charge is 0.493 e. The average molecular weight is 242 g/mol. The number of aliphatic hydroxyl groups excluding tert-OH is 1. The summed E-state index contributed by atoms with van der Waals surface area (Å²) in [5.41, 5.74) is -0.993. The van der Waals surface area contributed by atoms with Gasteiger partial charge in [-0.15, -0.1) is 0 Å². The zero-order valence-corrected chi connectivity index (χ0v) is 7.98. The van der Waals surface area contributed by atoms with Crippen LogP contribution >= 0.6 is 0 Å². The first-order chi connectivity index (χ1) is 7.27. The van der Waals surface area contributed by atoms with Crippen molar-refractivity contribution in [1.82, 2.24) is 0 Å². The average Bonchev–Trinajstić information content (AvgIpc) is 2.14. The zero-order chi connectivity index (χ0) is 12.5. The lowest BCUT2D eigenvalue weighted by molar-refractivity contribution is -0.207. The third-order valence-corrected chi connectivity index (χ3v) is 1.85. The molecule has 7 heteroatoms. The van der Waals surface area contributed by atoms with Crippen molar-refractivity contribution in [2.24, 2.45) is 0 Å². The Morgan fingerprint density at radius 3 is 2.25 bits per heavy atom. The maximum absolute atomic E-state index is 13.0. The first kappa shape index (κ1) is 12.7. The predicted molar refractivity (Wildman–Crippen MR) is 43.9 cm³/mol. The van der Waals surface area contributed by atoms with Crippen molar-refractivity contribution in [2.45, 2.75) is 12.3 Å². The molecule has 0 saturated heterocycles. The number of rotatable bonds is 2. The monoisotopic (exact) mass is 242 g/mol. The third-order valence-electron chi connectivity index (χ3n) is 1.85. The first-order valence-electron chi connectivity index (χ1n) is 4.05. The van der Waals surface area contributed by atoms with E-state index in [9.17, 15) is 22.0 Å². The highest BCUT2D eigenvalue weighted by molar-refractivity contribution is 5.37. The van der Waals surface area contributed by atoms with Crippen LogP contribution in [0.15, 0.2) is 12.1 Å². The zero-order valence-electron chi connectivity index (χ0n) is 7.98. The van der Waals surface area contributed by atoms with E-state index >= 15 is 0 Å². The highest BCUT2D eigenvalue weighted by Crippen LogP contribution is 2.38. The van der Waals surface area contributed by atoms with E-state index in [0.29, 0.717) is 12.1 Å². The normalized spacial score (nSPS) is 13.7. The molecule has 1 aromatic carbocycles. The van der Waals surface area contributed by atoms with E-state index < -0.39 is 35.2 Å². The highest BCUT2D eigenvalue weighted by atomic mass is 19.4. The summed E-state index contributed by atoms with van der Waals surface area (Å²) in [6, 6.07) is 0.742. The molecule has 0 saturated carbocycles. The minimum Gasteiger partial charge on any atom is -0.493 e. The maximum atomic E-state index is 13.0. The van der Waals surface area contributed by atoms with Gasteiger partial charge in [0.2, 0.25) is 0 Å². The Kier molecular flexibility index (Phi) is 3.37. The molecule has 0 radical (unpaired) electrons. The summed E-state index contributed by atoms with van der Waals surface area (Å²) in [5.74, 6) is -3.36. The van der Waals surface area contributed by atoms with Crippen molar-refractivity contribution in [3.05, 3.63) is 29.3 Å². The van der Waals surface area contributed by atoms with E-state index in [-0.39, 0.29) is 0 Å². The van der Waals surface area contributed by atoms with Crippen molar-refractivity contribution < 1.29 is 31.8 Å². The van der Waals surface area contributed by atoms with Crippen molar-refractivity contribution in [3.63, 3.8) is 0 Å². The van der Waals surface area contributed by atoms with Crippen LogP contribution in [0.2, 0.25) is 0 Å². The second-order valence-electron chi connectivity index (χ2n) is 2.95. The van der Waals surface area contributed by atoms with Gasteiger partial charge in [-0.05, 0) is 6.07 Å². The second kappa shape index (κ2) is 4.25. The summed E-state index contributed by atoms with van der Waals surface area (Å²) in [5, 5.41) is 8.88. The van der Waals surface area contributed by atoms with Crippen LogP contribution < -0.4 is 4.74 Å². The molecular formula is C9H7F5O2. The second-order valence-corrected chi connectivity index (χ2v) is 2.95. The van der Waals surface area contributed by atoms with Crippen molar-refractivity contribution >= 4 is 0 Å². The molecule has 0 bridgehead atoms. The lowest BCUT2D eigenvalue weighted by atomic mass is 10.1. The molecule has 0 aliphatic rings. The molecule has 2 nitrogen and oxygen atoms in total. The van der Waals surface area contributed by atoms with Crippen LogP contribution in [-0.4, -0.2) is 18.4 Å². The van der Waals surface area contributed by atoms with Crippen LogP contribution in [0.3, 0.4) is 0 Å². The molecule has 1 rings (SSSR count). The van der Waals surface area contributed by atoms with E-state index in [2.05, 4.69) is 4.74 Å². The standard InChI is InChI=1S/C9H7F5O2/c1-16-7-5(8(15)9(12,13)14)2-4(10)3-6(7)11/h2-3,8,15H,1H3/t8-/m1/s1. The molecular weight excluding hydrogens is 235 g/mol. The van der Waals surface area contributed by atoms with Crippen LogP contribution in [0.1, 0.15) is 11.7 Å². The Morgan fingerprint density at radius 1 is 1.25 bits per heavy atom. The quantitative estimate of drug-likeness (QED) is 0.807. The fourth-order valence-electron chi connectivity index (χ4n) is 1.18. The Morgan fingerprint density at radius 2 is 1.81 bits per heavy atom. The molecule has 1 aromatic rings. The Balaban J connectivity index is 3.31. The van der Waals surface area contributed by atoms with E-state index in [1.165, 1.54) is 0 Å². The smallest absolute Gasteiger partial charge is 0.418 e. The fourth-order valence-corrected chi connectivity index (χ4v) is 1.18. The number of benzene rings is 1. The summed E-state index contributed by atoms with van der Waals surface area (Å²) in [4.78, 5) is 0. The lowest BCUT2D eigenvalue weighted by Gasteiger charge is -2.17. The molecule has 0 fully saturated rings. The van der Waals surface area contributed by atoms with Gasteiger partial charge >= 0.3 is 6.18 Å². The van der Waals surface area contributed by atoms with Crippen molar-refractivity contribution in [1.29, 1.82) is 0 Å². The maximum Gasteiger partial charge on any atom is 0.418 e. The summed E-state index contributed by atoms with van der Waals surface area (Å²) >= 11 is 0. The van der Waals surface area contributed by atoms with Crippen LogP contribution in [0.25, 0.3) is 0 Å². The van der Waals surface area contributed by atoms with Crippen molar-refractivity contribution in [2.75, 3.05) is 7.11 Å². The first-order valence-corrected chi connectivity index (χ1v) is 4.05. The molecule has 90 valence electrons. The Hall–Kier alpha value is -1.37. The molecule has 0 aromatic heterocycles. The summed E-state index contributed by atoms with van der Waals surface area (Å²) in [6.07, 6.45) is -8.01. The van der Waals surface area contributed by atoms with Crippen LogP contribution in [0, 0.1) is 11.6 Å². The van der Waals surface area contributed by atoms with Crippen LogP contribution in [-0.2, 0) is 0 Å². The fraction of sp³-hybridized carbons (Fsp3) is 0.333. The van der Waals surface area contributed by atoms with E-state index in [1.807, 2.05) is 0 Å². The molecule has 0 aliphatic heterocycles. The molecule has 0 amide bonds. The van der Waals surface area contributed by atoms with E-state index in [0.717, 1.165) is 7.11 Å². The van der Waals surface area contributed by atoms with Gasteiger partial charge < -0.3 is 9.84 Å². The lowest BCUT2D eigenvalue weighted by Crippen LogP contribution is -2.21. The predicted octanol–water partition coefficient (Wildman–Crippen LogP) is 2.57. The van der Waals surface area contributed by atoms with Crippen molar-refractivity contribution in [3.8, 4) is 5.75 Å². The number of alkyl halides is 3. The van der Waals surface area contributed by atoms with Gasteiger partial charge in [-0.2, -0.15) is 13.2 Å². The number of hydrogen-bond donors (Lipinski definition) is 1. The number of halogens is 5. The molecule has 0 aliphatic carbocycles. The minimum absolute atomic E-state index is 0.366. The number of methoxy groups -OCH3 is 1. The third kappa shape index (κ3) is 2.41. The van der Waals surface area contributed by atoms with Gasteiger partial charge in [0.05, 0.1) is 7.11 Å². The van der Waals surface area contributed by atoms with Crippen LogP contribution in [0.5, 0.6) is 5.75 Å². The Labute approximate surface area is 87.3 Å². The molecule has 0 heterocycles. The molecule has 1 atom stereocenters. The number of ether oxygens (including phenoxy) is 1. The van der Waals surface area contributed by atoms with Gasteiger partial charge in [0, 0.05) is 11.6 Å². The number of hydrogen-bond acceptors (Lipinski definition) is 2. The SMILES string of the molecule is COc1c(F)cc(F)cc1[C@@H](O)C(F)(F)F. The molecule has 1 N–H and O–H groups in total. The van der Waals surface area contributed by atoms with Gasteiger partial charge in [-0.25, -0.2) is 8.78 Å². The molecule has 0 unspecified atom stereocenters. The van der Waals surface area contributed by atoms with Gasteiger partial charge in [0.15, 0.2) is 17.7 Å². The van der Waals surface area contributed by atoms with E-state index in [1.54, 1.807) is 0 Å². The molecule has 16 heavy (non-hydrogen) atoms. The summed E-state index contributed by atoms with van der Waals surface area (Å²) in [7, 11) is 0.920. The minimum atomic E-state index is -5.02. The van der Waals surface area contributed by atoms with E-state index in [4.69, 9.17) is 5.11 Å². The van der Waals surface area contributed by atoms with Gasteiger partial charge in [0.25, 0.3) is 0 Å². The summed E-state index contributed by atoms with van der Waals surface area (Å²) in [6.45, 7) is 0. The number of aliphatic hydroxyl groups is 1. The molecule has 0 spiro atoms. The summed E-state index contributed by atoms with van der Waals surface area (Å²) < 4.78 is 66.6. The highest BCUT2D eigenvalue weighted by Gasteiger charge is 2.41.